The van der Waals surface area contributed by atoms with E-state index in [1.165, 1.54) is 16.2 Å². The van der Waals surface area contributed by atoms with Crippen molar-refractivity contribution in [3.63, 3.8) is 0 Å². The zero-order valence-corrected chi connectivity index (χ0v) is 12.7. The molecule has 1 N–H and O–H groups in total. The first-order chi connectivity index (χ1) is 9.63. The number of benzene rings is 1. The van der Waals surface area contributed by atoms with Crippen molar-refractivity contribution >= 4 is 49.9 Å². The Kier molecular flexibility index (Phi) is 3.54. The summed E-state index contributed by atoms with van der Waals surface area (Å²) in [5.41, 5.74) is 1.74. The minimum atomic E-state index is -0.246. The Bertz CT molecular complexity index is 672. The van der Waals surface area contributed by atoms with Crippen molar-refractivity contribution in [2.45, 2.75) is 6.42 Å². The number of nitrogens with zero attached hydrogens (tertiary/aromatic N) is 2. The summed E-state index contributed by atoms with van der Waals surface area (Å²) in [7, 11) is 0. The van der Waals surface area contributed by atoms with Gasteiger partial charge in [-0.15, -0.1) is 11.3 Å². The Labute approximate surface area is 127 Å². The third-order valence-corrected chi connectivity index (χ3v) is 4.14. The van der Waals surface area contributed by atoms with E-state index in [-0.39, 0.29) is 18.4 Å². The van der Waals surface area contributed by atoms with Crippen LogP contribution in [0.2, 0.25) is 0 Å². The Balaban J connectivity index is 1.75. The lowest BCUT2D eigenvalue weighted by Gasteiger charge is -2.16. The number of thiazole rings is 1. The summed E-state index contributed by atoms with van der Waals surface area (Å²) in [6.45, 7) is 0.00699. The van der Waals surface area contributed by atoms with Crippen LogP contribution < -0.4 is 10.2 Å². The van der Waals surface area contributed by atoms with Gasteiger partial charge in [0.05, 0.1) is 6.42 Å². The SMILES string of the molecule is O=C(CN1C(=O)Cc2cc(Br)ccc21)Nc1nccs1. The maximum atomic E-state index is 12.0. The second-order valence-electron chi connectivity index (χ2n) is 4.32. The van der Waals surface area contributed by atoms with Crippen molar-refractivity contribution in [1.82, 2.24) is 4.98 Å². The second-order valence-corrected chi connectivity index (χ2v) is 6.13. The lowest BCUT2D eigenvalue weighted by Crippen LogP contribution is -2.35. The lowest BCUT2D eigenvalue weighted by molar-refractivity contribution is -0.120. The largest absolute Gasteiger partial charge is 0.302 e. The molecule has 0 saturated heterocycles. The number of rotatable bonds is 3. The molecule has 0 bridgehead atoms. The molecule has 1 aliphatic rings. The highest BCUT2D eigenvalue weighted by atomic mass is 79.9. The first kappa shape index (κ1) is 13.3. The highest BCUT2D eigenvalue weighted by Gasteiger charge is 2.28. The molecule has 2 heterocycles. The number of aromatic nitrogens is 1. The van der Waals surface area contributed by atoms with Gasteiger partial charge in [-0.3, -0.25) is 9.59 Å². The third kappa shape index (κ3) is 2.59. The van der Waals surface area contributed by atoms with Gasteiger partial charge in [0.25, 0.3) is 0 Å². The molecule has 0 spiro atoms. The summed E-state index contributed by atoms with van der Waals surface area (Å²) in [5, 5.41) is 5.00. The van der Waals surface area contributed by atoms with Crippen LogP contribution in [0.25, 0.3) is 0 Å². The number of anilines is 2. The quantitative estimate of drug-likeness (QED) is 0.923. The van der Waals surface area contributed by atoms with Crippen molar-refractivity contribution in [2.75, 3.05) is 16.8 Å². The summed E-state index contributed by atoms with van der Waals surface area (Å²) in [6, 6.07) is 5.62. The molecular formula is C13H10BrN3O2S. The van der Waals surface area contributed by atoms with Gasteiger partial charge in [0.1, 0.15) is 6.54 Å². The number of fused-ring (bicyclic) bond motifs is 1. The number of carbonyl (C=O) groups is 2. The van der Waals surface area contributed by atoms with E-state index in [0.29, 0.717) is 11.6 Å². The van der Waals surface area contributed by atoms with E-state index in [9.17, 15) is 9.59 Å². The summed E-state index contributed by atoms with van der Waals surface area (Å²) >= 11 is 4.72. The summed E-state index contributed by atoms with van der Waals surface area (Å²) < 4.78 is 0.929. The fourth-order valence-electron chi connectivity index (χ4n) is 2.11. The Morgan fingerprint density at radius 1 is 1.50 bits per heavy atom. The Hall–Kier alpha value is -1.73. The summed E-state index contributed by atoms with van der Waals surface area (Å²) in [5.74, 6) is -0.309. The van der Waals surface area contributed by atoms with Crippen LogP contribution in [0, 0.1) is 0 Å². The molecule has 20 heavy (non-hydrogen) atoms. The molecule has 2 amide bonds. The van der Waals surface area contributed by atoms with Gasteiger partial charge >= 0.3 is 0 Å². The number of hydrogen-bond donors (Lipinski definition) is 1. The molecule has 0 aliphatic carbocycles. The van der Waals surface area contributed by atoms with Gasteiger partial charge in [0.15, 0.2) is 5.13 Å². The molecule has 3 rings (SSSR count). The van der Waals surface area contributed by atoms with Gasteiger partial charge < -0.3 is 10.2 Å². The van der Waals surface area contributed by atoms with Crippen LogP contribution in [0.5, 0.6) is 0 Å². The minimum Gasteiger partial charge on any atom is -0.302 e. The molecule has 2 aromatic rings. The highest BCUT2D eigenvalue weighted by molar-refractivity contribution is 9.10. The zero-order chi connectivity index (χ0) is 14.1. The molecule has 1 aliphatic heterocycles. The predicted octanol–water partition coefficient (Wildman–Crippen LogP) is 2.43. The van der Waals surface area contributed by atoms with Crippen LogP contribution in [-0.2, 0) is 16.0 Å². The van der Waals surface area contributed by atoms with Crippen LogP contribution in [0.3, 0.4) is 0 Å². The van der Waals surface area contributed by atoms with Gasteiger partial charge in [-0.25, -0.2) is 4.98 Å². The topological polar surface area (TPSA) is 62.3 Å². The maximum Gasteiger partial charge on any atom is 0.246 e. The van der Waals surface area contributed by atoms with E-state index in [2.05, 4.69) is 26.2 Å². The number of nitrogens with one attached hydrogen (secondary N) is 1. The van der Waals surface area contributed by atoms with Gasteiger partial charge in [-0.05, 0) is 23.8 Å². The first-order valence-corrected chi connectivity index (χ1v) is 7.59. The van der Waals surface area contributed by atoms with Crippen molar-refractivity contribution in [3.05, 3.63) is 39.8 Å². The molecular weight excluding hydrogens is 342 g/mol. The molecule has 1 aromatic heterocycles. The third-order valence-electron chi connectivity index (χ3n) is 2.96. The highest BCUT2D eigenvalue weighted by Crippen LogP contribution is 2.31. The first-order valence-electron chi connectivity index (χ1n) is 5.91. The maximum absolute atomic E-state index is 12.0. The monoisotopic (exact) mass is 351 g/mol. The molecule has 5 nitrogen and oxygen atoms in total. The van der Waals surface area contributed by atoms with Crippen LogP contribution in [-0.4, -0.2) is 23.3 Å². The van der Waals surface area contributed by atoms with Crippen molar-refractivity contribution in [2.24, 2.45) is 0 Å². The van der Waals surface area contributed by atoms with E-state index < -0.39 is 0 Å². The summed E-state index contributed by atoms with van der Waals surface area (Å²) in [4.78, 5) is 29.4. The van der Waals surface area contributed by atoms with Gasteiger partial charge in [-0.2, -0.15) is 0 Å². The molecule has 1 aromatic carbocycles. The molecule has 7 heteroatoms. The van der Waals surface area contributed by atoms with Crippen LogP contribution in [0.1, 0.15) is 5.56 Å². The minimum absolute atomic E-state index is 0.00699. The molecule has 0 atom stereocenters. The number of hydrogen-bond acceptors (Lipinski definition) is 4. The predicted molar refractivity (Wildman–Crippen MR) is 80.9 cm³/mol. The van der Waals surface area contributed by atoms with Gasteiger partial charge in [-0.1, -0.05) is 15.9 Å². The second kappa shape index (κ2) is 5.34. The average Bonchev–Trinajstić information content (AvgIpc) is 2.98. The Morgan fingerprint density at radius 3 is 3.10 bits per heavy atom. The lowest BCUT2D eigenvalue weighted by atomic mass is 10.2. The van der Waals surface area contributed by atoms with Crippen LogP contribution >= 0.6 is 27.3 Å². The molecule has 0 saturated carbocycles. The van der Waals surface area contributed by atoms with E-state index in [1.54, 1.807) is 11.6 Å². The molecule has 102 valence electrons. The standard InChI is InChI=1S/C13H10BrN3O2S/c14-9-1-2-10-8(5-9)6-12(19)17(10)7-11(18)16-13-15-3-4-20-13/h1-5H,6-7H2,(H,15,16,18). The Morgan fingerprint density at radius 2 is 2.35 bits per heavy atom. The van der Waals surface area contributed by atoms with E-state index in [0.717, 1.165) is 15.7 Å². The van der Waals surface area contributed by atoms with Crippen molar-refractivity contribution in [1.29, 1.82) is 0 Å². The average molecular weight is 352 g/mol. The van der Waals surface area contributed by atoms with Crippen LogP contribution in [0.4, 0.5) is 10.8 Å². The van der Waals surface area contributed by atoms with Gasteiger partial charge in [0.2, 0.25) is 11.8 Å². The van der Waals surface area contributed by atoms with Crippen molar-refractivity contribution in [3.8, 4) is 0 Å². The number of amides is 2. The number of carbonyl (C=O) groups excluding carboxylic acids is 2. The fraction of sp³-hybridized carbons (Fsp3) is 0.154. The normalized spacial score (nSPS) is 13.4. The number of halogens is 1. The van der Waals surface area contributed by atoms with E-state index in [1.807, 2.05) is 18.2 Å². The fourth-order valence-corrected chi connectivity index (χ4v) is 3.07. The van der Waals surface area contributed by atoms with Gasteiger partial charge in [0, 0.05) is 21.7 Å². The van der Waals surface area contributed by atoms with E-state index >= 15 is 0 Å². The molecule has 0 radical (unpaired) electrons. The smallest absolute Gasteiger partial charge is 0.246 e. The molecule has 0 fully saturated rings. The van der Waals surface area contributed by atoms with Crippen LogP contribution in [0.15, 0.2) is 34.2 Å². The van der Waals surface area contributed by atoms with E-state index in [4.69, 9.17) is 0 Å². The summed E-state index contributed by atoms with van der Waals surface area (Å²) in [6.07, 6.45) is 1.95. The zero-order valence-electron chi connectivity index (χ0n) is 10.3. The van der Waals surface area contributed by atoms with Crippen molar-refractivity contribution < 1.29 is 9.59 Å². The molecule has 0 unspecified atom stereocenters.